The SMILES string of the molecule is CC[C@H](C)C(=O)Nc1cnccn1.[HH]. The number of nitrogens with zero attached hydrogens (tertiary/aromatic N) is 2. The summed E-state index contributed by atoms with van der Waals surface area (Å²) in [6.45, 7) is 3.85. The average Bonchev–Trinajstić information content (AvgIpc) is 2.18. The van der Waals surface area contributed by atoms with Gasteiger partial charge in [-0.1, -0.05) is 13.8 Å². The Morgan fingerprint density at radius 3 is 3.00 bits per heavy atom. The summed E-state index contributed by atoms with van der Waals surface area (Å²) < 4.78 is 0. The van der Waals surface area contributed by atoms with Crippen molar-refractivity contribution in [2.45, 2.75) is 20.3 Å². The third kappa shape index (κ3) is 2.82. The number of amides is 1. The van der Waals surface area contributed by atoms with Gasteiger partial charge >= 0.3 is 0 Å². The number of carbonyl (C=O) groups is 1. The molecule has 0 bridgehead atoms. The molecule has 0 saturated heterocycles. The zero-order chi connectivity index (χ0) is 9.68. The van der Waals surface area contributed by atoms with Gasteiger partial charge in [0.2, 0.25) is 5.91 Å². The van der Waals surface area contributed by atoms with Gasteiger partial charge in [0, 0.05) is 19.7 Å². The van der Waals surface area contributed by atoms with Crippen LogP contribution >= 0.6 is 0 Å². The van der Waals surface area contributed by atoms with Gasteiger partial charge in [-0.25, -0.2) is 4.98 Å². The number of hydrogen-bond donors (Lipinski definition) is 1. The molecule has 0 aliphatic rings. The fourth-order valence-electron chi connectivity index (χ4n) is 0.798. The molecule has 1 atom stereocenters. The van der Waals surface area contributed by atoms with E-state index in [-0.39, 0.29) is 13.3 Å². The van der Waals surface area contributed by atoms with Crippen LogP contribution in [0.5, 0.6) is 0 Å². The van der Waals surface area contributed by atoms with E-state index in [2.05, 4.69) is 15.3 Å². The van der Waals surface area contributed by atoms with Crippen LogP contribution in [0.4, 0.5) is 5.82 Å². The summed E-state index contributed by atoms with van der Waals surface area (Å²) in [6.07, 6.45) is 5.47. The lowest BCUT2D eigenvalue weighted by Crippen LogP contribution is -2.20. The van der Waals surface area contributed by atoms with Crippen LogP contribution in [0.1, 0.15) is 21.7 Å². The Balaban J connectivity index is 0.00000169. The Morgan fingerprint density at radius 2 is 2.46 bits per heavy atom. The lowest BCUT2D eigenvalue weighted by molar-refractivity contribution is -0.119. The van der Waals surface area contributed by atoms with E-state index in [0.29, 0.717) is 5.82 Å². The highest BCUT2D eigenvalue weighted by Gasteiger charge is 2.10. The fraction of sp³-hybridized carbons (Fsp3) is 0.444. The largest absolute Gasteiger partial charge is 0.309 e. The number of rotatable bonds is 3. The van der Waals surface area contributed by atoms with E-state index in [1.165, 1.54) is 6.20 Å². The second-order valence-electron chi connectivity index (χ2n) is 2.89. The third-order valence-corrected chi connectivity index (χ3v) is 1.87. The summed E-state index contributed by atoms with van der Waals surface area (Å²) in [5, 5.41) is 2.68. The van der Waals surface area contributed by atoms with Crippen molar-refractivity contribution in [1.82, 2.24) is 9.97 Å². The first-order chi connectivity index (χ1) is 6.24. The average molecular weight is 181 g/mol. The van der Waals surface area contributed by atoms with Gasteiger partial charge < -0.3 is 5.32 Å². The molecule has 72 valence electrons. The van der Waals surface area contributed by atoms with Crippen molar-refractivity contribution in [3.05, 3.63) is 18.6 Å². The molecule has 0 aliphatic heterocycles. The Morgan fingerprint density at radius 1 is 1.69 bits per heavy atom. The maximum absolute atomic E-state index is 11.4. The zero-order valence-electron chi connectivity index (χ0n) is 7.82. The molecule has 1 aromatic heterocycles. The maximum Gasteiger partial charge on any atom is 0.228 e. The van der Waals surface area contributed by atoms with E-state index in [4.69, 9.17) is 0 Å². The summed E-state index contributed by atoms with van der Waals surface area (Å²) in [6, 6.07) is 0. The summed E-state index contributed by atoms with van der Waals surface area (Å²) in [7, 11) is 0. The number of aromatic nitrogens is 2. The predicted octanol–water partition coefficient (Wildman–Crippen LogP) is 1.71. The normalized spacial score (nSPS) is 12.2. The lowest BCUT2D eigenvalue weighted by Gasteiger charge is -2.07. The standard InChI is InChI=1S/C9H13N3O.H2/c1-3-7(2)9(13)12-8-6-10-4-5-11-8;/h4-7H,3H2,1-2H3,(H,11,12,13);1H/t7-;/m0./s1. The van der Waals surface area contributed by atoms with Crippen LogP contribution in [0.3, 0.4) is 0 Å². The first-order valence-corrected chi connectivity index (χ1v) is 4.31. The van der Waals surface area contributed by atoms with Crippen LogP contribution in [0, 0.1) is 5.92 Å². The zero-order valence-corrected chi connectivity index (χ0v) is 7.82. The molecule has 4 heteroatoms. The van der Waals surface area contributed by atoms with E-state index in [9.17, 15) is 4.79 Å². The quantitative estimate of drug-likeness (QED) is 0.772. The molecular formula is C9H15N3O. The van der Waals surface area contributed by atoms with Crippen LogP contribution in [0.2, 0.25) is 0 Å². The molecular weight excluding hydrogens is 166 g/mol. The van der Waals surface area contributed by atoms with Gasteiger partial charge in [0.1, 0.15) is 0 Å². The van der Waals surface area contributed by atoms with Gasteiger partial charge in [0.25, 0.3) is 0 Å². The third-order valence-electron chi connectivity index (χ3n) is 1.87. The summed E-state index contributed by atoms with van der Waals surface area (Å²) in [5.74, 6) is 0.512. The Labute approximate surface area is 78.9 Å². The van der Waals surface area contributed by atoms with E-state index in [0.717, 1.165) is 6.42 Å². The Bertz CT molecular complexity index is 279. The molecule has 1 N–H and O–H groups in total. The number of anilines is 1. The van der Waals surface area contributed by atoms with Crippen molar-refractivity contribution in [3.63, 3.8) is 0 Å². The van der Waals surface area contributed by atoms with E-state index < -0.39 is 0 Å². The molecule has 1 amide bonds. The van der Waals surface area contributed by atoms with Crippen LogP contribution in [0.25, 0.3) is 0 Å². The van der Waals surface area contributed by atoms with Crippen molar-refractivity contribution in [2.75, 3.05) is 5.32 Å². The Hall–Kier alpha value is -1.45. The molecule has 4 nitrogen and oxygen atoms in total. The highest BCUT2D eigenvalue weighted by Crippen LogP contribution is 2.05. The second-order valence-corrected chi connectivity index (χ2v) is 2.89. The van der Waals surface area contributed by atoms with Crippen molar-refractivity contribution >= 4 is 11.7 Å². The van der Waals surface area contributed by atoms with E-state index in [1.807, 2.05) is 13.8 Å². The smallest absolute Gasteiger partial charge is 0.228 e. The van der Waals surface area contributed by atoms with Gasteiger partial charge in [-0.15, -0.1) is 0 Å². The summed E-state index contributed by atoms with van der Waals surface area (Å²) in [5.41, 5.74) is 0. The molecule has 0 saturated carbocycles. The highest BCUT2D eigenvalue weighted by molar-refractivity contribution is 5.91. The minimum atomic E-state index is -0.0111. The predicted molar refractivity (Wildman–Crippen MR) is 52.2 cm³/mol. The number of carbonyl (C=O) groups excluding carboxylic acids is 1. The lowest BCUT2D eigenvalue weighted by atomic mass is 10.1. The summed E-state index contributed by atoms with van der Waals surface area (Å²) in [4.78, 5) is 19.2. The molecule has 1 heterocycles. The van der Waals surface area contributed by atoms with Gasteiger partial charge in [-0.3, -0.25) is 9.78 Å². The van der Waals surface area contributed by atoms with Crippen molar-refractivity contribution in [1.29, 1.82) is 0 Å². The maximum atomic E-state index is 11.4. The molecule has 0 spiro atoms. The minimum absolute atomic E-state index is 0. The van der Waals surface area contributed by atoms with Crippen LogP contribution in [0.15, 0.2) is 18.6 Å². The van der Waals surface area contributed by atoms with Gasteiger partial charge in [0.15, 0.2) is 5.82 Å². The number of hydrogen-bond acceptors (Lipinski definition) is 3. The van der Waals surface area contributed by atoms with Crippen molar-refractivity contribution in [2.24, 2.45) is 5.92 Å². The van der Waals surface area contributed by atoms with Crippen molar-refractivity contribution < 1.29 is 6.22 Å². The van der Waals surface area contributed by atoms with Crippen molar-refractivity contribution in [3.8, 4) is 0 Å². The highest BCUT2D eigenvalue weighted by atomic mass is 16.1. The fourth-order valence-corrected chi connectivity index (χ4v) is 0.798. The molecule has 0 aliphatic carbocycles. The topological polar surface area (TPSA) is 54.9 Å². The molecule has 0 aromatic carbocycles. The molecule has 1 aromatic rings. The van der Waals surface area contributed by atoms with Crippen LogP contribution < -0.4 is 5.32 Å². The molecule has 13 heavy (non-hydrogen) atoms. The minimum Gasteiger partial charge on any atom is -0.309 e. The van der Waals surface area contributed by atoms with E-state index in [1.54, 1.807) is 12.4 Å². The first-order valence-electron chi connectivity index (χ1n) is 4.31. The molecule has 0 unspecified atom stereocenters. The Kier molecular flexibility index (Phi) is 3.37. The van der Waals surface area contributed by atoms with E-state index >= 15 is 0 Å². The first kappa shape index (κ1) is 9.64. The van der Waals surface area contributed by atoms with Crippen LogP contribution in [-0.2, 0) is 4.79 Å². The number of nitrogens with one attached hydrogen (secondary N) is 1. The summed E-state index contributed by atoms with van der Waals surface area (Å²) >= 11 is 0. The molecule has 1 rings (SSSR count). The van der Waals surface area contributed by atoms with Gasteiger partial charge in [0.05, 0.1) is 6.20 Å². The molecule has 0 fully saturated rings. The van der Waals surface area contributed by atoms with Crippen LogP contribution in [-0.4, -0.2) is 15.9 Å². The monoisotopic (exact) mass is 181 g/mol. The second kappa shape index (κ2) is 4.54. The molecule has 0 radical (unpaired) electrons. The van der Waals surface area contributed by atoms with Gasteiger partial charge in [-0.2, -0.15) is 0 Å². The van der Waals surface area contributed by atoms with Gasteiger partial charge in [-0.05, 0) is 6.42 Å².